The second-order valence-corrected chi connectivity index (χ2v) is 4.36. The van der Waals surface area contributed by atoms with E-state index >= 15 is 0 Å². The summed E-state index contributed by atoms with van der Waals surface area (Å²) in [5, 5.41) is -1.30. The van der Waals surface area contributed by atoms with Crippen molar-refractivity contribution in [3.05, 3.63) is 59.7 Å². The molecule has 2 aromatic rings. The molecule has 2 rings (SSSR count). The lowest BCUT2D eigenvalue weighted by atomic mass is 10.1. The van der Waals surface area contributed by atoms with E-state index in [9.17, 15) is 9.59 Å². The summed E-state index contributed by atoms with van der Waals surface area (Å²) < 4.78 is 5.55. The first-order valence-corrected chi connectivity index (χ1v) is 6.10. The Bertz CT molecular complexity index is 624. The van der Waals surface area contributed by atoms with Crippen LogP contribution in [0.2, 0.25) is 0 Å². The zero-order valence-electron chi connectivity index (χ0n) is 9.60. The van der Waals surface area contributed by atoms with Crippen molar-refractivity contribution in [1.29, 1.82) is 0 Å². The Kier molecular flexibility index (Phi) is 4.20. The molecule has 0 aliphatic carbocycles. The third-order valence-corrected chi connectivity index (χ3v) is 2.81. The predicted octanol–water partition coefficient (Wildman–Crippen LogP) is 4.24. The van der Waals surface area contributed by atoms with Gasteiger partial charge in [-0.25, -0.2) is 0 Å². The molecule has 2 aromatic carbocycles. The molecular weight excluding hydrogens is 287 g/mol. The highest BCUT2D eigenvalue weighted by molar-refractivity contribution is 6.68. The lowest BCUT2D eigenvalue weighted by molar-refractivity contribution is 0.106. The van der Waals surface area contributed by atoms with Gasteiger partial charge in [0.2, 0.25) is 0 Å². The quantitative estimate of drug-likeness (QED) is 0.792. The molecule has 0 radical (unpaired) electrons. The Hall–Kier alpha value is -1.84. The van der Waals surface area contributed by atoms with E-state index in [1.165, 1.54) is 18.2 Å². The zero-order valence-corrected chi connectivity index (χ0v) is 11.1. The van der Waals surface area contributed by atoms with Crippen molar-refractivity contribution in [3.63, 3.8) is 0 Å². The Morgan fingerprint density at radius 1 is 0.895 bits per heavy atom. The first-order chi connectivity index (χ1) is 9.08. The van der Waals surface area contributed by atoms with Crippen LogP contribution in [0.5, 0.6) is 11.5 Å². The SMILES string of the molecule is O=C(Cl)c1ccc(C(=O)Cl)c(Oc2ccccc2)c1. The van der Waals surface area contributed by atoms with Crippen molar-refractivity contribution in [2.24, 2.45) is 0 Å². The average molecular weight is 295 g/mol. The molecule has 96 valence electrons. The maximum Gasteiger partial charge on any atom is 0.256 e. The number of hydrogen-bond donors (Lipinski definition) is 0. The standard InChI is InChI=1S/C14H8Cl2O3/c15-13(17)9-6-7-11(14(16)18)12(8-9)19-10-4-2-1-3-5-10/h1-8H. The molecule has 0 spiro atoms. The molecule has 0 amide bonds. The molecule has 5 heteroatoms. The molecular formula is C14H8Cl2O3. The first-order valence-electron chi connectivity index (χ1n) is 5.34. The molecule has 0 unspecified atom stereocenters. The minimum Gasteiger partial charge on any atom is -0.457 e. The molecule has 19 heavy (non-hydrogen) atoms. The third-order valence-electron chi connectivity index (χ3n) is 2.39. The van der Waals surface area contributed by atoms with Crippen LogP contribution in [-0.4, -0.2) is 10.5 Å². The van der Waals surface area contributed by atoms with Gasteiger partial charge in [0, 0.05) is 5.56 Å². The number of hydrogen-bond acceptors (Lipinski definition) is 3. The van der Waals surface area contributed by atoms with E-state index < -0.39 is 10.5 Å². The summed E-state index contributed by atoms with van der Waals surface area (Å²) in [5.41, 5.74) is 0.404. The van der Waals surface area contributed by atoms with Crippen LogP contribution in [0.15, 0.2) is 48.5 Å². The average Bonchev–Trinajstić information content (AvgIpc) is 2.39. The Morgan fingerprint density at radius 2 is 1.58 bits per heavy atom. The van der Waals surface area contributed by atoms with E-state index in [0.717, 1.165) is 0 Å². The summed E-state index contributed by atoms with van der Waals surface area (Å²) in [6.45, 7) is 0. The largest absolute Gasteiger partial charge is 0.457 e. The number of halogens is 2. The second kappa shape index (κ2) is 5.87. The van der Waals surface area contributed by atoms with Gasteiger partial charge in [0.25, 0.3) is 10.5 Å². The molecule has 0 saturated carbocycles. The molecule has 0 bridgehead atoms. The highest BCUT2D eigenvalue weighted by Gasteiger charge is 2.14. The van der Waals surface area contributed by atoms with E-state index in [-0.39, 0.29) is 16.9 Å². The monoisotopic (exact) mass is 294 g/mol. The first kappa shape index (κ1) is 13.6. The molecule has 0 N–H and O–H groups in total. The molecule has 0 aromatic heterocycles. The Balaban J connectivity index is 2.43. The van der Waals surface area contributed by atoms with Crippen molar-refractivity contribution < 1.29 is 14.3 Å². The lowest BCUT2D eigenvalue weighted by Crippen LogP contribution is -1.98. The van der Waals surface area contributed by atoms with Crippen LogP contribution in [0.4, 0.5) is 0 Å². The van der Waals surface area contributed by atoms with Gasteiger partial charge < -0.3 is 4.74 Å². The second-order valence-electron chi connectivity index (χ2n) is 3.67. The molecule has 0 atom stereocenters. The fourth-order valence-corrected chi connectivity index (χ4v) is 1.78. The zero-order chi connectivity index (χ0) is 13.8. The van der Waals surface area contributed by atoms with Crippen LogP contribution in [0.1, 0.15) is 20.7 Å². The highest BCUT2D eigenvalue weighted by Crippen LogP contribution is 2.28. The molecule has 0 aliphatic heterocycles. The van der Waals surface area contributed by atoms with Crippen LogP contribution in [-0.2, 0) is 0 Å². The smallest absolute Gasteiger partial charge is 0.256 e. The summed E-state index contributed by atoms with van der Waals surface area (Å²) >= 11 is 10.9. The number of para-hydroxylation sites is 1. The molecule has 0 fully saturated rings. The summed E-state index contributed by atoms with van der Waals surface area (Å²) in [6.07, 6.45) is 0. The van der Waals surface area contributed by atoms with Gasteiger partial charge in [-0.3, -0.25) is 9.59 Å². The van der Waals surface area contributed by atoms with E-state index in [4.69, 9.17) is 27.9 Å². The van der Waals surface area contributed by atoms with E-state index in [1.54, 1.807) is 24.3 Å². The highest BCUT2D eigenvalue weighted by atomic mass is 35.5. The molecule has 3 nitrogen and oxygen atoms in total. The maximum atomic E-state index is 11.3. The minimum atomic E-state index is -0.667. The van der Waals surface area contributed by atoms with Crippen LogP contribution >= 0.6 is 23.2 Å². The van der Waals surface area contributed by atoms with Gasteiger partial charge in [-0.1, -0.05) is 18.2 Å². The summed E-state index contributed by atoms with van der Waals surface area (Å²) in [5.74, 6) is 0.721. The van der Waals surface area contributed by atoms with Crippen molar-refractivity contribution >= 4 is 33.7 Å². The van der Waals surface area contributed by atoms with Crippen molar-refractivity contribution in [2.45, 2.75) is 0 Å². The summed E-state index contributed by atoms with van der Waals surface area (Å²) in [4.78, 5) is 22.4. The van der Waals surface area contributed by atoms with Crippen LogP contribution in [0.25, 0.3) is 0 Å². The maximum absolute atomic E-state index is 11.3. The predicted molar refractivity (Wildman–Crippen MR) is 73.3 cm³/mol. The normalized spacial score (nSPS) is 10.0. The van der Waals surface area contributed by atoms with Crippen molar-refractivity contribution in [3.8, 4) is 11.5 Å². The Morgan fingerprint density at radius 3 is 2.16 bits per heavy atom. The van der Waals surface area contributed by atoms with E-state index in [1.807, 2.05) is 6.07 Å². The van der Waals surface area contributed by atoms with Gasteiger partial charge in [-0.2, -0.15) is 0 Å². The van der Waals surface area contributed by atoms with Crippen molar-refractivity contribution in [1.82, 2.24) is 0 Å². The summed E-state index contributed by atoms with van der Waals surface area (Å²) in [6, 6.07) is 13.1. The fourth-order valence-electron chi connectivity index (χ4n) is 1.51. The summed E-state index contributed by atoms with van der Waals surface area (Å²) in [7, 11) is 0. The van der Waals surface area contributed by atoms with Crippen molar-refractivity contribution in [2.75, 3.05) is 0 Å². The van der Waals surface area contributed by atoms with Crippen LogP contribution < -0.4 is 4.74 Å². The molecule has 0 aliphatic rings. The molecule has 0 saturated heterocycles. The fraction of sp³-hybridized carbons (Fsp3) is 0. The van der Waals surface area contributed by atoms with Gasteiger partial charge in [0.05, 0.1) is 5.56 Å². The number of carbonyl (C=O) groups excluding carboxylic acids is 2. The van der Waals surface area contributed by atoms with Gasteiger partial charge in [-0.15, -0.1) is 0 Å². The van der Waals surface area contributed by atoms with E-state index in [0.29, 0.717) is 5.75 Å². The van der Waals surface area contributed by atoms with Gasteiger partial charge in [0.15, 0.2) is 0 Å². The van der Waals surface area contributed by atoms with E-state index in [2.05, 4.69) is 0 Å². The number of rotatable bonds is 4. The topological polar surface area (TPSA) is 43.4 Å². The van der Waals surface area contributed by atoms with Gasteiger partial charge in [0.1, 0.15) is 11.5 Å². The number of carbonyl (C=O) groups is 2. The van der Waals surface area contributed by atoms with Gasteiger partial charge >= 0.3 is 0 Å². The van der Waals surface area contributed by atoms with Gasteiger partial charge in [-0.05, 0) is 53.5 Å². The third kappa shape index (κ3) is 3.34. The molecule has 0 heterocycles. The number of ether oxygens (including phenoxy) is 1. The van der Waals surface area contributed by atoms with Crippen LogP contribution in [0, 0.1) is 0 Å². The van der Waals surface area contributed by atoms with Crippen LogP contribution in [0.3, 0.4) is 0 Å². The minimum absolute atomic E-state index is 0.173. The lowest BCUT2D eigenvalue weighted by Gasteiger charge is -2.09. The number of benzene rings is 2. The Labute approximate surface area is 119 Å².